The number of esters is 1. The molecule has 0 aliphatic heterocycles. The van der Waals surface area contributed by atoms with Crippen molar-refractivity contribution in [1.82, 2.24) is 5.32 Å². The van der Waals surface area contributed by atoms with Crippen LogP contribution < -0.4 is 11.1 Å². The van der Waals surface area contributed by atoms with Crippen LogP contribution in [0.1, 0.15) is 16.8 Å². The quantitative estimate of drug-likeness (QED) is 0.627. The van der Waals surface area contributed by atoms with Crippen LogP contribution in [0.3, 0.4) is 0 Å². The number of benzene rings is 1. The van der Waals surface area contributed by atoms with Gasteiger partial charge in [0.05, 0.1) is 22.7 Å². The maximum Gasteiger partial charge on any atom is 0.338 e. The molecule has 1 amide bonds. The molecule has 3 N–H and O–H groups in total. The van der Waals surface area contributed by atoms with Crippen molar-refractivity contribution in [2.24, 2.45) is 0 Å². The number of nitrogen functional groups attached to an aromatic ring is 1. The number of hydrogen-bond acceptors (Lipinski definition) is 4. The normalized spacial score (nSPS) is 9.76. The Labute approximate surface area is 104 Å². The number of amides is 1. The summed E-state index contributed by atoms with van der Waals surface area (Å²) in [7, 11) is 1.52. The van der Waals surface area contributed by atoms with E-state index in [-0.39, 0.29) is 18.9 Å². The van der Waals surface area contributed by atoms with Crippen molar-refractivity contribution in [1.29, 1.82) is 0 Å². The van der Waals surface area contributed by atoms with Crippen molar-refractivity contribution in [3.05, 3.63) is 28.8 Å². The van der Waals surface area contributed by atoms with Crippen LogP contribution in [0.15, 0.2) is 18.2 Å². The number of hydrogen-bond donors (Lipinski definition) is 2. The molecule has 0 radical (unpaired) electrons. The fraction of sp³-hybridized carbons (Fsp3) is 0.273. The Hall–Kier alpha value is -1.75. The molecule has 1 aromatic rings. The molecule has 6 heteroatoms. The molecule has 0 saturated heterocycles. The standard InChI is InChI=1S/C11H13ClN2O3/c1-14-10(15)4-5-17-11(16)7-2-3-9(13)8(12)6-7/h2-3,6H,4-5,13H2,1H3,(H,14,15). The van der Waals surface area contributed by atoms with Crippen molar-refractivity contribution in [2.45, 2.75) is 6.42 Å². The number of halogens is 1. The summed E-state index contributed by atoms with van der Waals surface area (Å²) in [5, 5.41) is 2.72. The van der Waals surface area contributed by atoms with Crippen LogP contribution in [0.2, 0.25) is 5.02 Å². The first-order valence-corrected chi connectivity index (χ1v) is 5.35. The van der Waals surface area contributed by atoms with Gasteiger partial charge in [-0.1, -0.05) is 11.6 Å². The van der Waals surface area contributed by atoms with Gasteiger partial charge in [-0.05, 0) is 18.2 Å². The molecule has 5 nitrogen and oxygen atoms in total. The summed E-state index contributed by atoms with van der Waals surface area (Å²) in [6, 6.07) is 4.47. The van der Waals surface area contributed by atoms with E-state index in [4.69, 9.17) is 22.1 Å². The van der Waals surface area contributed by atoms with Gasteiger partial charge in [0.15, 0.2) is 0 Å². The van der Waals surface area contributed by atoms with E-state index in [1.54, 1.807) is 0 Å². The van der Waals surface area contributed by atoms with E-state index in [9.17, 15) is 9.59 Å². The van der Waals surface area contributed by atoms with Gasteiger partial charge in [-0.3, -0.25) is 4.79 Å². The Morgan fingerprint density at radius 3 is 2.76 bits per heavy atom. The smallest absolute Gasteiger partial charge is 0.338 e. The van der Waals surface area contributed by atoms with Gasteiger partial charge in [0.2, 0.25) is 5.91 Å². The monoisotopic (exact) mass is 256 g/mol. The van der Waals surface area contributed by atoms with E-state index < -0.39 is 5.97 Å². The number of carbonyl (C=O) groups is 2. The largest absolute Gasteiger partial charge is 0.462 e. The predicted octanol–water partition coefficient (Wildman–Crippen LogP) is 1.22. The van der Waals surface area contributed by atoms with Gasteiger partial charge in [0.1, 0.15) is 6.61 Å². The Morgan fingerprint density at radius 1 is 1.47 bits per heavy atom. The van der Waals surface area contributed by atoms with Crippen molar-refractivity contribution < 1.29 is 14.3 Å². The highest BCUT2D eigenvalue weighted by Crippen LogP contribution is 2.20. The van der Waals surface area contributed by atoms with E-state index in [1.165, 1.54) is 25.2 Å². The van der Waals surface area contributed by atoms with Gasteiger partial charge >= 0.3 is 5.97 Å². The number of ether oxygens (including phenoxy) is 1. The second kappa shape index (κ2) is 6.10. The maximum absolute atomic E-state index is 11.5. The molecule has 0 bridgehead atoms. The summed E-state index contributed by atoms with van der Waals surface area (Å²) in [5.74, 6) is -0.719. The van der Waals surface area contributed by atoms with Gasteiger partial charge in [-0.2, -0.15) is 0 Å². The number of rotatable bonds is 4. The average molecular weight is 257 g/mol. The molecular formula is C11H13ClN2O3. The summed E-state index contributed by atoms with van der Waals surface area (Å²) in [4.78, 5) is 22.4. The molecule has 1 aromatic carbocycles. The third-order valence-electron chi connectivity index (χ3n) is 2.08. The van der Waals surface area contributed by atoms with Gasteiger partial charge in [0, 0.05) is 7.05 Å². The lowest BCUT2D eigenvalue weighted by Gasteiger charge is -2.05. The minimum atomic E-state index is -0.532. The lowest BCUT2D eigenvalue weighted by molar-refractivity contribution is -0.121. The molecule has 0 aliphatic rings. The highest BCUT2D eigenvalue weighted by molar-refractivity contribution is 6.33. The van der Waals surface area contributed by atoms with E-state index in [0.717, 1.165) is 0 Å². The molecule has 0 saturated carbocycles. The van der Waals surface area contributed by atoms with Crippen molar-refractivity contribution in [3.8, 4) is 0 Å². The van der Waals surface area contributed by atoms with Crippen LogP contribution in [0.25, 0.3) is 0 Å². The molecule has 0 heterocycles. The molecule has 17 heavy (non-hydrogen) atoms. The topological polar surface area (TPSA) is 81.4 Å². The first kappa shape index (κ1) is 13.3. The Balaban J connectivity index is 2.52. The van der Waals surface area contributed by atoms with Crippen LogP contribution in [0.5, 0.6) is 0 Å². The Morgan fingerprint density at radius 2 is 2.18 bits per heavy atom. The molecule has 0 aliphatic carbocycles. The third-order valence-corrected chi connectivity index (χ3v) is 2.40. The first-order chi connectivity index (χ1) is 8.04. The summed E-state index contributed by atoms with van der Waals surface area (Å²) in [6.07, 6.45) is 0.130. The minimum Gasteiger partial charge on any atom is -0.462 e. The van der Waals surface area contributed by atoms with Gasteiger partial charge in [0.25, 0.3) is 0 Å². The number of nitrogens with one attached hydrogen (secondary N) is 1. The SMILES string of the molecule is CNC(=O)CCOC(=O)c1ccc(N)c(Cl)c1. The molecule has 92 valence electrons. The molecule has 0 unspecified atom stereocenters. The predicted molar refractivity (Wildman–Crippen MR) is 64.8 cm³/mol. The molecule has 1 rings (SSSR count). The van der Waals surface area contributed by atoms with Crippen LogP contribution in [-0.2, 0) is 9.53 Å². The zero-order valence-electron chi connectivity index (χ0n) is 9.33. The number of anilines is 1. The lowest BCUT2D eigenvalue weighted by Crippen LogP contribution is -2.20. The molecule has 0 spiro atoms. The summed E-state index contributed by atoms with van der Waals surface area (Å²) < 4.78 is 4.90. The zero-order valence-corrected chi connectivity index (χ0v) is 10.1. The molecular weight excluding hydrogens is 244 g/mol. The van der Waals surface area contributed by atoms with E-state index in [1.807, 2.05) is 0 Å². The number of carbonyl (C=O) groups excluding carboxylic acids is 2. The highest BCUT2D eigenvalue weighted by atomic mass is 35.5. The molecule has 0 atom stereocenters. The van der Waals surface area contributed by atoms with Crippen molar-refractivity contribution >= 4 is 29.2 Å². The summed E-state index contributed by atoms with van der Waals surface area (Å²) in [5.41, 5.74) is 6.21. The minimum absolute atomic E-state index is 0.0283. The molecule has 0 fully saturated rings. The molecule has 0 aromatic heterocycles. The Kier molecular flexibility index (Phi) is 4.78. The van der Waals surface area contributed by atoms with Gasteiger partial charge < -0.3 is 15.8 Å². The summed E-state index contributed by atoms with van der Waals surface area (Å²) >= 11 is 5.77. The van der Waals surface area contributed by atoms with Crippen molar-refractivity contribution in [3.63, 3.8) is 0 Å². The van der Waals surface area contributed by atoms with E-state index >= 15 is 0 Å². The first-order valence-electron chi connectivity index (χ1n) is 4.97. The van der Waals surface area contributed by atoms with Crippen LogP contribution in [-0.4, -0.2) is 25.5 Å². The van der Waals surface area contributed by atoms with Gasteiger partial charge in [-0.25, -0.2) is 4.79 Å². The van der Waals surface area contributed by atoms with Gasteiger partial charge in [-0.15, -0.1) is 0 Å². The second-order valence-electron chi connectivity index (χ2n) is 3.30. The second-order valence-corrected chi connectivity index (χ2v) is 3.70. The summed E-state index contributed by atoms with van der Waals surface area (Å²) in [6.45, 7) is 0.0283. The fourth-order valence-electron chi connectivity index (χ4n) is 1.10. The third kappa shape index (κ3) is 3.96. The average Bonchev–Trinajstić information content (AvgIpc) is 2.32. The fourth-order valence-corrected chi connectivity index (χ4v) is 1.28. The maximum atomic E-state index is 11.5. The lowest BCUT2D eigenvalue weighted by atomic mass is 10.2. The van der Waals surface area contributed by atoms with Crippen LogP contribution in [0, 0.1) is 0 Å². The van der Waals surface area contributed by atoms with Crippen LogP contribution >= 0.6 is 11.6 Å². The van der Waals surface area contributed by atoms with E-state index in [0.29, 0.717) is 16.3 Å². The Bertz CT molecular complexity index is 435. The highest BCUT2D eigenvalue weighted by Gasteiger charge is 2.09. The van der Waals surface area contributed by atoms with Crippen LogP contribution in [0.4, 0.5) is 5.69 Å². The number of nitrogens with two attached hydrogens (primary N) is 1. The van der Waals surface area contributed by atoms with Crippen molar-refractivity contribution in [2.75, 3.05) is 19.4 Å². The van der Waals surface area contributed by atoms with E-state index in [2.05, 4.69) is 5.32 Å². The zero-order chi connectivity index (χ0) is 12.8.